The molecule has 1 aromatic heterocycles. The van der Waals surface area contributed by atoms with Crippen LogP contribution in [0.15, 0.2) is 54.6 Å². The van der Waals surface area contributed by atoms with Crippen molar-refractivity contribution >= 4 is 29.5 Å². The molecule has 1 aliphatic carbocycles. The van der Waals surface area contributed by atoms with E-state index >= 15 is 0 Å². The number of aromatic nitrogens is 2. The van der Waals surface area contributed by atoms with E-state index in [2.05, 4.69) is 33.4 Å². The number of carbonyl (C=O) groups excluding carboxylic acids is 5. The number of nitrogens with two attached hydrogens (primary N) is 3. The smallest absolute Gasteiger partial charge is 0.255 e. The predicted octanol–water partition coefficient (Wildman–Crippen LogP) is 1.81. The molecule has 6 rings (SSSR count). The summed E-state index contributed by atoms with van der Waals surface area (Å²) in [6.45, 7) is 5.27. The fraction of sp³-hybridized carbons (Fsp3) is 0.417. The molecule has 4 atom stereocenters. The summed E-state index contributed by atoms with van der Waals surface area (Å²) in [5.74, 6) is -2.03. The first-order chi connectivity index (χ1) is 31.8. The van der Waals surface area contributed by atoms with Crippen LogP contribution in [0.5, 0.6) is 11.5 Å². The molecule has 0 unspecified atom stereocenters. The number of benzene rings is 3. The van der Waals surface area contributed by atoms with Crippen LogP contribution in [0.1, 0.15) is 76.2 Å². The molecular formula is C48H59N11O7. The lowest BCUT2D eigenvalue weighted by atomic mass is 9.90. The molecular weight excluding hydrogens is 843 g/mol. The van der Waals surface area contributed by atoms with Gasteiger partial charge in [-0.3, -0.25) is 24.0 Å². The third kappa shape index (κ3) is 11.3. The van der Waals surface area contributed by atoms with Gasteiger partial charge in [0.25, 0.3) is 5.91 Å². The summed E-state index contributed by atoms with van der Waals surface area (Å²) in [5, 5.41) is 20.0. The van der Waals surface area contributed by atoms with E-state index in [4.69, 9.17) is 36.6 Å². The highest BCUT2D eigenvalue weighted by molar-refractivity contribution is 6.00. The number of nitrogens with zero attached hydrogens (tertiary/aromatic N) is 4. The van der Waals surface area contributed by atoms with Gasteiger partial charge in [0, 0.05) is 43.2 Å². The maximum Gasteiger partial charge on any atom is 0.255 e. The monoisotopic (exact) mass is 901 g/mol. The third-order valence-corrected chi connectivity index (χ3v) is 11.7. The Labute approximate surface area is 384 Å². The number of rotatable bonds is 15. The number of hydrogen-bond donors (Lipinski definition) is 7. The standard InChI is InChI=1S/C48H59N11O7/c1-27-41(28(2)55-43(54-27)34-11-10-31-7-5-6-8-32(31)25-34)46(62)57-37(15-16-49)48(64)59(4)42-33-12-14-40(66-22-19-52)36(26-33)35-23-30(9-13-39(35)65-21-18-51)24-38(45(61)53-20-17-50)58-44(60)29(3)56-47(42)63/h9-14,23,25-26,29,37-38,42H,5-8,15-16,18-22,24,49,51-52H2,1-4H3,(H,53,61)(H,56,63)(H,57,62)(H,58,60)/t29-,37-,38-,42-/m0/s1. The minimum atomic E-state index is -1.40. The van der Waals surface area contributed by atoms with Crippen molar-refractivity contribution < 1.29 is 33.4 Å². The van der Waals surface area contributed by atoms with Gasteiger partial charge < -0.3 is 52.8 Å². The van der Waals surface area contributed by atoms with Gasteiger partial charge in [-0.2, -0.15) is 5.26 Å². The summed E-state index contributed by atoms with van der Waals surface area (Å²) in [6.07, 6.45) is 4.33. The van der Waals surface area contributed by atoms with E-state index in [1.165, 1.54) is 30.0 Å². The SMILES string of the molecule is Cc1nc(-c2ccc3c(c2)CCCC3)nc(C)c1C(=O)N[C@@H](CCN)C(=O)N(C)[C@@H]1C(=O)N[C@@H](C)C(=O)N[C@H](C(=O)NCC#N)Cc2ccc(OCCN)c(c2)-c2cc1ccc2OCCN. The number of ether oxygens (including phenoxy) is 2. The molecule has 2 aliphatic rings. The first kappa shape index (κ1) is 48.5. The van der Waals surface area contributed by atoms with Crippen LogP contribution in [0.4, 0.5) is 0 Å². The molecule has 4 bridgehead atoms. The maximum absolute atomic E-state index is 14.7. The number of aryl methyl sites for hydroxylation is 4. The number of nitrogens with one attached hydrogen (secondary N) is 4. The summed E-state index contributed by atoms with van der Waals surface area (Å²) >= 11 is 0. The van der Waals surface area contributed by atoms with Crippen LogP contribution in [-0.4, -0.2) is 109 Å². The average molecular weight is 902 g/mol. The van der Waals surface area contributed by atoms with E-state index in [0.717, 1.165) is 31.2 Å². The van der Waals surface area contributed by atoms with Gasteiger partial charge in [-0.05, 0) is 112 Å². The fourth-order valence-corrected chi connectivity index (χ4v) is 8.41. The van der Waals surface area contributed by atoms with Crippen molar-refractivity contribution in [2.24, 2.45) is 17.2 Å². The normalized spacial score (nSPS) is 17.4. The number of carbonyl (C=O) groups is 5. The van der Waals surface area contributed by atoms with Gasteiger partial charge >= 0.3 is 0 Å². The molecule has 348 valence electrons. The van der Waals surface area contributed by atoms with Crippen LogP contribution in [0.3, 0.4) is 0 Å². The Morgan fingerprint density at radius 3 is 2.17 bits per heavy atom. The zero-order chi connectivity index (χ0) is 47.5. The van der Waals surface area contributed by atoms with Crippen LogP contribution in [0, 0.1) is 25.2 Å². The lowest BCUT2D eigenvalue weighted by Gasteiger charge is -2.32. The number of amides is 5. The summed E-state index contributed by atoms with van der Waals surface area (Å²) < 4.78 is 12.2. The Morgan fingerprint density at radius 2 is 1.52 bits per heavy atom. The van der Waals surface area contributed by atoms with Gasteiger partial charge in [-0.15, -0.1) is 0 Å². The van der Waals surface area contributed by atoms with Gasteiger partial charge in [0.2, 0.25) is 23.6 Å². The molecule has 10 N–H and O–H groups in total. The first-order valence-corrected chi connectivity index (χ1v) is 22.2. The minimum absolute atomic E-state index is 0.00454. The molecule has 1 aliphatic heterocycles. The van der Waals surface area contributed by atoms with Crippen LogP contribution in [0.2, 0.25) is 0 Å². The fourth-order valence-electron chi connectivity index (χ4n) is 8.41. The lowest BCUT2D eigenvalue weighted by Crippen LogP contribution is -2.56. The van der Waals surface area contributed by atoms with Crippen LogP contribution >= 0.6 is 0 Å². The number of hydrogen-bond acceptors (Lipinski definition) is 13. The highest BCUT2D eigenvalue weighted by Crippen LogP contribution is 2.40. The van der Waals surface area contributed by atoms with Gasteiger partial charge in [-0.1, -0.05) is 24.3 Å². The highest BCUT2D eigenvalue weighted by atomic mass is 16.5. The van der Waals surface area contributed by atoms with Gasteiger partial charge in [0.15, 0.2) is 5.82 Å². The Morgan fingerprint density at radius 1 is 0.864 bits per heavy atom. The lowest BCUT2D eigenvalue weighted by molar-refractivity contribution is -0.141. The van der Waals surface area contributed by atoms with Crippen molar-refractivity contribution in [1.82, 2.24) is 36.1 Å². The molecule has 0 saturated carbocycles. The van der Waals surface area contributed by atoms with Crippen LogP contribution < -0.4 is 47.9 Å². The van der Waals surface area contributed by atoms with Crippen LogP contribution in [-0.2, 0) is 38.4 Å². The average Bonchev–Trinajstić information content (AvgIpc) is 3.30. The maximum atomic E-state index is 14.7. The van der Waals surface area contributed by atoms with Crippen molar-refractivity contribution in [1.29, 1.82) is 5.26 Å². The zero-order valence-electron chi connectivity index (χ0n) is 37.9. The molecule has 0 spiro atoms. The van der Waals surface area contributed by atoms with Gasteiger partial charge in [-0.25, -0.2) is 9.97 Å². The molecule has 18 nitrogen and oxygen atoms in total. The second-order valence-corrected chi connectivity index (χ2v) is 16.5. The Bertz CT molecular complexity index is 2480. The van der Waals surface area contributed by atoms with E-state index in [0.29, 0.717) is 51.0 Å². The third-order valence-electron chi connectivity index (χ3n) is 11.7. The molecule has 3 aromatic carbocycles. The molecule has 66 heavy (non-hydrogen) atoms. The Hall–Kier alpha value is -6.94. The van der Waals surface area contributed by atoms with E-state index in [9.17, 15) is 29.2 Å². The summed E-state index contributed by atoms with van der Waals surface area (Å²) in [4.78, 5) is 81.2. The van der Waals surface area contributed by atoms with Crippen molar-refractivity contribution in [3.8, 4) is 40.1 Å². The van der Waals surface area contributed by atoms with Crippen molar-refractivity contribution in [2.45, 2.75) is 83.5 Å². The Balaban J connectivity index is 1.39. The molecule has 5 amide bonds. The quantitative estimate of drug-likeness (QED) is 0.0840. The first-order valence-electron chi connectivity index (χ1n) is 22.2. The molecule has 18 heteroatoms. The second-order valence-electron chi connectivity index (χ2n) is 16.5. The number of fused-ring (bicyclic) bond motifs is 6. The second kappa shape index (κ2) is 22.3. The summed E-state index contributed by atoms with van der Waals surface area (Å²) in [6, 6.07) is 13.3. The summed E-state index contributed by atoms with van der Waals surface area (Å²) in [5.41, 5.74) is 24.1. The highest BCUT2D eigenvalue weighted by Gasteiger charge is 2.36. The predicted molar refractivity (Wildman–Crippen MR) is 247 cm³/mol. The molecule has 0 fully saturated rings. The van der Waals surface area contributed by atoms with Crippen molar-refractivity contribution in [3.63, 3.8) is 0 Å². The van der Waals surface area contributed by atoms with E-state index < -0.39 is 53.7 Å². The minimum Gasteiger partial charge on any atom is -0.492 e. The van der Waals surface area contributed by atoms with Gasteiger partial charge in [0.05, 0.1) is 23.0 Å². The van der Waals surface area contributed by atoms with Crippen LogP contribution in [0.25, 0.3) is 22.5 Å². The zero-order valence-corrected chi connectivity index (χ0v) is 37.9. The number of nitriles is 1. The van der Waals surface area contributed by atoms with Crippen molar-refractivity contribution in [3.05, 3.63) is 93.8 Å². The van der Waals surface area contributed by atoms with Gasteiger partial charge in [0.1, 0.15) is 55.4 Å². The molecule has 0 radical (unpaired) electrons. The van der Waals surface area contributed by atoms with Crippen molar-refractivity contribution in [2.75, 3.05) is 46.4 Å². The topological polar surface area (TPSA) is 283 Å². The molecule has 4 aromatic rings. The van der Waals surface area contributed by atoms with E-state index in [1.807, 2.05) is 12.1 Å². The molecule has 0 saturated heterocycles. The summed E-state index contributed by atoms with van der Waals surface area (Å²) in [7, 11) is 1.42. The number of likely N-dealkylation sites (N-methyl/N-ethyl adjacent to an activating group) is 1. The molecule has 2 heterocycles. The van der Waals surface area contributed by atoms with E-state index in [1.54, 1.807) is 50.2 Å². The largest absolute Gasteiger partial charge is 0.492 e. The Kier molecular flexibility index (Phi) is 16.4. The van der Waals surface area contributed by atoms with E-state index in [-0.39, 0.29) is 57.8 Å².